The van der Waals surface area contributed by atoms with E-state index in [1.54, 1.807) is 23.3 Å². The molecule has 0 saturated carbocycles. The van der Waals surface area contributed by atoms with Crippen LogP contribution in [-0.2, 0) is 6.42 Å². The summed E-state index contributed by atoms with van der Waals surface area (Å²) in [6, 6.07) is 11.3. The Morgan fingerprint density at radius 2 is 2.06 bits per heavy atom. The molecule has 0 saturated heterocycles. The van der Waals surface area contributed by atoms with Gasteiger partial charge in [-0.05, 0) is 23.8 Å². The first-order chi connectivity index (χ1) is 8.84. The number of carbonyl (C=O) groups excluding carboxylic acids is 1. The van der Waals surface area contributed by atoms with E-state index < -0.39 is 0 Å². The van der Waals surface area contributed by atoms with Crippen LogP contribution in [0.2, 0.25) is 0 Å². The molecule has 0 aliphatic rings. The lowest BCUT2D eigenvalue weighted by atomic mass is 10.2. The molecule has 2 heterocycles. The summed E-state index contributed by atoms with van der Waals surface area (Å²) in [6.07, 6.45) is 5.30. The molecule has 3 rings (SSSR count). The molecule has 0 unspecified atom stereocenters. The maximum absolute atomic E-state index is 12.2. The first-order valence-corrected chi connectivity index (χ1v) is 5.69. The molecule has 3 aromatic rings. The van der Waals surface area contributed by atoms with Crippen LogP contribution in [0, 0.1) is 0 Å². The topological polar surface area (TPSA) is 47.8 Å². The summed E-state index contributed by atoms with van der Waals surface area (Å²) in [4.78, 5) is 20.4. The zero-order valence-corrected chi connectivity index (χ0v) is 9.65. The van der Waals surface area contributed by atoms with Gasteiger partial charge >= 0.3 is 0 Å². The molecule has 0 spiro atoms. The van der Waals surface area contributed by atoms with Gasteiger partial charge in [-0.1, -0.05) is 18.2 Å². The van der Waals surface area contributed by atoms with Crippen LogP contribution in [0.3, 0.4) is 0 Å². The van der Waals surface area contributed by atoms with Gasteiger partial charge in [-0.15, -0.1) is 0 Å². The smallest absolute Gasteiger partial charge is 0.236 e. The maximum atomic E-state index is 12.2. The fraction of sp³-hybridized carbons (Fsp3) is 0.0714. The molecule has 4 heteroatoms. The summed E-state index contributed by atoms with van der Waals surface area (Å²) in [5.74, 6) is -0.00306. The van der Waals surface area contributed by atoms with Crippen molar-refractivity contribution in [1.82, 2.24) is 14.5 Å². The second-order valence-corrected chi connectivity index (χ2v) is 4.04. The van der Waals surface area contributed by atoms with Crippen molar-refractivity contribution < 1.29 is 4.79 Å². The largest absolute Gasteiger partial charge is 0.274 e. The summed E-state index contributed by atoms with van der Waals surface area (Å²) in [5.41, 5.74) is 2.57. The molecule has 18 heavy (non-hydrogen) atoms. The Bertz CT molecular complexity index is 688. The summed E-state index contributed by atoms with van der Waals surface area (Å²) in [7, 11) is 0. The summed E-state index contributed by atoms with van der Waals surface area (Å²) >= 11 is 0. The highest BCUT2D eigenvalue weighted by atomic mass is 16.2. The number of hydrogen-bond acceptors (Lipinski definition) is 3. The molecule has 0 N–H and O–H groups in total. The van der Waals surface area contributed by atoms with Gasteiger partial charge in [-0.25, -0.2) is 4.98 Å². The quantitative estimate of drug-likeness (QED) is 0.687. The molecule has 88 valence electrons. The van der Waals surface area contributed by atoms with Crippen LogP contribution in [0.5, 0.6) is 0 Å². The van der Waals surface area contributed by atoms with Crippen LogP contribution in [-0.4, -0.2) is 20.4 Å². The summed E-state index contributed by atoms with van der Waals surface area (Å²) < 4.78 is 1.59. The number of imidazole rings is 1. The second-order valence-electron chi connectivity index (χ2n) is 4.04. The molecule has 0 amide bonds. The van der Waals surface area contributed by atoms with Crippen molar-refractivity contribution >= 4 is 16.9 Å². The van der Waals surface area contributed by atoms with Gasteiger partial charge in [0.1, 0.15) is 6.33 Å². The molecular weight excluding hydrogens is 226 g/mol. The summed E-state index contributed by atoms with van der Waals surface area (Å²) in [5, 5.41) is 0. The van der Waals surface area contributed by atoms with Crippen molar-refractivity contribution in [3.8, 4) is 0 Å². The first kappa shape index (κ1) is 10.7. The van der Waals surface area contributed by atoms with Crippen molar-refractivity contribution in [1.29, 1.82) is 0 Å². The third-order valence-corrected chi connectivity index (χ3v) is 2.80. The molecule has 4 nitrogen and oxygen atoms in total. The van der Waals surface area contributed by atoms with E-state index in [2.05, 4.69) is 9.97 Å². The summed E-state index contributed by atoms with van der Waals surface area (Å²) in [6.45, 7) is 0. The zero-order valence-electron chi connectivity index (χ0n) is 9.65. The van der Waals surface area contributed by atoms with Crippen LogP contribution in [0.4, 0.5) is 0 Å². The van der Waals surface area contributed by atoms with Crippen molar-refractivity contribution in [2.75, 3.05) is 0 Å². The van der Waals surface area contributed by atoms with Crippen molar-refractivity contribution in [3.05, 3.63) is 60.7 Å². The average molecular weight is 237 g/mol. The number of aromatic nitrogens is 3. The monoisotopic (exact) mass is 237 g/mol. The molecule has 0 bridgehead atoms. The normalized spacial score (nSPS) is 10.7. The van der Waals surface area contributed by atoms with E-state index in [9.17, 15) is 4.79 Å². The van der Waals surface area contributed by atoms with Gasteiger partial charge in [0.05, 0.1) is 17.5 Å². The van der Waals surface area contributed by atoms with E-state index in [1.807, 2.05) is 36.4 Å². The van der Waals surface area contributed by atoms with Crippen LogP contribution < -0.4 is 0 Å². The van der Waals surface area contributed by atoms with Crippen LogP contribution in [0.25, 0.3) is 11.0 Å². The Morgan fingerprint density at radius 1 is 1.17 bits per heavy atom. The molecule has 1 aromatic carbocycles. The molecular formula is C14H11N3O. The number of carbonyl (C=O) groups is 1. The van der Waals surface area contributed by atoms with E-state index in [0.717, 1.165) is 16.6 Å². The van der Waals surface area contributed by atoms with Gasteiger partial charge in [0.2, 0.25) is 5.91 Å². The fourth-order valence-corrected chi connectivity index (χ4v) is 1.92. The van der Waals surface area contributed by atoms with Crippen molar-refractivity contribution in [2.24, 2.45) is 0 Å². The van der Waals surface area contributed by atoms with Gasteiger partial charge in [0.25, 0.3) is 0 Å². The Morgan fingerprint density at radius 3 is 2.89 bits per heavy atom. The lowest BCUT2D eigenvalue weighted by Crippen LogP contribution is -2.12. The van der Waals surface area contributed by atoms with E-state index in [-0.39, 0.29) is 5.91 Å². The minimum absolute atomic E-state index is 0.00306. The lowest BCUT2D eigenvalue weighted by molar-refractivity contribution is 0.0918. The SMILES string of the molecule is O=C(Cc1cccnc1)n1cnc2ccccc21. The van der Waals surface area contributed by atoms with Crippen LogP contribution >= 0.6 is 0 Å². The molecule has 2 aromatic heterocycles. The second kappa shape index (κ2) is 4.41. The number of pyridine rings is 1. The van der Waals surface area contributed by atoms with Crippen molar-refractivity contribution in [2.45, 2.75) is 6.42 Å². The van der Waals surface area contributed by atoms with E-state index >= 15 is 0 Å². The predicted molar refractivity (Wildman–Crippen MR) is 68.3 cm³/mol. The highest BCUT2D eigenvalue weighted by molar-refractivity contribution is 5.91. The molecule has 0 fully saturated rings. The van der Waals surface area contributed by atoms with Gasteiger partial charge in [0.15, 0.2) is 0 Å². The number of benzene rings is 1. The Labute approximate surface area is 104 Å². The number of hydrogen-bond donors (Lipinski definition) is 0. The molecule has 0 aliphatic heterocycles. The predicted octanol–water partition coefficient (Wildman–Crippen LogP) is 2.31. The van der Waals surface area contributed by atoms with Crippen LogP contribution in [0.15, 0.2) is 55.1 Å². The zero-order chi connectivity index (χ0) is 12.4. The maximum Gasteiger partial charge on any atom is 0.236 e. The Kier molecular flexibility index (Phi) is 2.61. The van der Waals surface area contributed by atoms with E-state index in [4.69, 9.17) is 0 Å². The van der Waals surface area contributed by atoms with Gasteiger partial charge in [-0.2, -0.15) is 0 Å². The fourth-order valence-electron chi connectivity index (χ4n) is 1.92. The molecule has 0 aliphatic carbocycles. The van der Waals surface area contributed by atoms with Gasteiger partial charge in [0, 0.05) is 12.4 Å². The van der Waals surface area contributed by atoms with E-state index in [1.165, 1.54) is 0 Å². The number of fused-ring (bicyclic) bond motifs is 1. The third-order valence-electron chi connectivity index (χ3n) is 2.80. The number of para-hydroxylation sites is 2. The Balaban J connectivity index is 1.93. The molecule has 0 atom stereocenters. The Hall–Kier alpha value is -2.49. The lowest BCUT2D eigenvalue weighted by Gasteiger charge is -2.02. The average Bonchev–Trinajstić information content (AvgIpc) is 2.84. The minimum atomic E-state index is -0.00306. The van der Waals surface area contributed by atoms with E-state index in [0.29, 0.717) is 6.42 Å². The standard InChI is InChI=1S/C14H11N3O/c18-14(8-11-4-3-7-15-9-11)17-10-16-12-5-1-2-6-13(12)17/h1-7,9-10H,8H2. The minimum Gasteiger partial charge on any atom is -0.274 e. The highest BCUT2D eigenvalue weighted by Crippen LogP contribution is 2.12. The van der Waals surface area contributed by atoms with Crippen LogP contribution in [0.1, 0.15) is 10.4 Å². The molecule has 0 radical (unpaired) electrons. The van der Waals surface area contributed by atoms with Gasteiger partial charge < -0.3 is 0 Å². The highest BCUT2D eigenvalue weighted by Gasteiger charge is 2.10. The first-order valence-electron chi connectivity index (χ1n) is 5.69. The van der Waals surface area contributed by atoms with Crippen molar-refractivity contribution in [3.63, 3.8) is 0 Å². The third kappa shape index (κ3) is 1.88. The number of nitrogens with zero attached hydrogens (tertiary/aromatic N) is 3. The van der Waals surface area contributed by atoms with Gasteiger partial charge in [-0.3, -0.25) is 14.3 Å². The number of rotatable bonds is 2.